The summed E-state index contributed by atoms with van der Waals surface area (Å²) in [6, 6.07) is 35.1. The quantitative estimate of drug-likeness (QED) is 0.276. The molecule has 1 atom stereocenters. The van der Waals surface area contributed by atoms with Crippen LogP contribution >= 0.6 is 11.6 Å². The van der Waals surface area contributed by atoms with Crippen LogP contribution < -0.4 is 4.74 Å². The first-order chi connectivity index (χ1) is 15.7. The molecule has 6 rings (SSSR count). The first-order valence-electron chi connectivity index (χ1n) is 10.6. The molecule has 5 aromatic rings. The average Bonchev–Trinajstić information content (AvgIpc) is 3.15. The van der Waals surface area contributed by atoms with Crippen LogP contribution in [-0.4, -0.2) is 12.1 Å². The molecule has 1 aliphatic rings. The molecule has 0 saturated heterocycles. The summed E-state index contributed by atoms with van der Waals surface area (Å²) in [6.07, 6.45) is 0. The van der Waals surface area contributed by atoms with Gasteiger partial charge in [0.1, 0.15) is 10.6 Å². The highest BCUT2D eigenvalue weighted by molar-refractivity contribution is 6.32. The number of nitrogens with zero attached hydrogens (tertiary/aromatic N) is 1. The molecule has 0 saturated carbocycles. The molecule has 2 nitrogen and oxygen atoms in total. The first kappa shape index (κ1) is 19.1. The van der Waals surface area contributed by atoms with E-state index in [1.54, 1.807) is 7.11 Å². The van der Waals surface area contributed by atoms with Gasteiger partial charge >= 0.3 is 0 Å². The number of halogens is 1. The Bertz CT molecular complexity index is 1460. The molecule has 0 aliphatic heterocycles. The summed E-state index contributed by atoms with van der Waals surface area (Å²) in [7, 11) is 1.68. The zero-order chi connectivity index (χ0) is 21.7. The van der Waals surface area contributed by atoms with Crippen LogP contribution in [0.25, 0.3) is 33.3 Å². The molecule has 0 spiro atoms. The number of aromatic nitrogens is 1. The number of benzene rings is 4. The molecule has 1 unspecified atom stereocenters. The van der Waals surface area contributed by atoms with Crippen LogP contribution in [0.1, 0.15) is 16.7 Å². The topological polar surface area (TPSA) is 22.1 Å². The minimum absolute atomic E-state index is 0.795. The van der Waals surface area contributed by atoms with Gasteiger partial charge in [0, 0.05) is 22.1 Å². The van der Waals surface area contributed by atoms with Gasteiger partial charge in [0.25, 0.3) is 0 Å². The number of ether oxygens (including phenoxy) is 1. The third-order valence-electron chi connectivity index (χ3n) is 6.34. The van der Waals surface area contributed by atoms with Gasteiger partial charge in [-0.1, -0.05) is 72.8 Å². The van der Waals surface area contributed by atoms with E-state index in [0.29, 0.717) is 0 Å². The van der Waals surface area contributed by atoms with Gasteiger partial charge in [0.2, 0.25) is 0 Å². The van der Waals surface area contributed by atoms with E-state index in [1.165, 1.54) is 0 Å². The van der Waals surface area contributed by atoms with Crippen molar-refractivity contribution < 1.29 is 4.74 Å². The number of rotatable bonds is 3. The van der Waals surface area contributed by atoms with Gasteiger partial charge in [-0.25, -0.2) is 4.98 Å². The number of pyridine rings is 1. The van der Waals surface area contributed by atoms with E-state index < -0.39 is 4.87 Å². The maximum atomic E-state index is 7.70. The maximum Gasteiger partial charge on any atom is 0.121 e. The molecule has 154 valence electrons. The summed E-state index contributed by atoms with van der Waals surface area (Å²) in [4.78, 5) is 4.34. The van der Waals surface area contributed by atoms with E-state index in [9.17, 15) is 0 Å². The van der Waals surface area contributed by atoms with Crippen molar-refractivity contribution in [1.29, 1.82) is 0 Å². The SMILES string of the molecule is COc1ccc(-c2nc3ccccc3c3c2-c2ccccc2C3(Cl)c2ccccc2)cc1. The van der Waals surface area contributed by atoms with Crippen molar-refractivity contribution in [3.63, 3.8) is 0 Å². The summed E-state index contributed by atoms with van der Waals surface area (Å²) in [6.45, 7) is 0. The largest absolute Gasteiger partial charge is 0.497 e. The highest BCUT2D eigenvalue weighted by Gasteiger charge is 2.45. The van der Waals surface area contributed by atoms with Crippen LogP contribution in [0.3, 0.4) is 0 Å². The van der Waals surface area contributed by atoms with Crippen LogP contribution in [0.2, 0.25) is 0 Å². The lowest BCUT2D eigenvalue weighted by Crippen LogP contribution is -2.19. The fourth-order valence-corrected chi connectivity index (χ4v) is 5.38. The van der Waals surface area contributed by atoms with Crippen LogP contribution in [-0.2, 0) is 4.87 Å². The molecule has 0 bridgehead atoms. The molecule has 1 aromatic heterocycles. The second kappa shape index (κ2) is 7.22. The van der Waals surface area contributed by atoms with Crippen LogP contribution in [0.15, 0.2) is 103 Å². The average molecular weight is 434 g/mol. The zero-order valence-corrected chi connectivity index (χ0v) is 18.3. The van der Waals surface area contributed by atoms with Crippen molar-refractivity contribution in [3.05, 3.63) is 120 Å². The van der Waals surface area contributed by atoms with E-state index in [-0.39, 0.29) is 0 Å². The summed E-state index contributed by atoms with van der Waals surface area (Å²) < 4.78 is 5.37. The van der Waals surface area contributed by atoms with Crippen LogP contribution in [0.4, 0.5) is 0 Å². The highest BCUT2D eigenvalue weighted by atomic mass is 35.5. The van der Waals surface area contributed by atoms with E-state index in [4.69, 9.17) is 21.3 Å². The molecule has 0 amide bonds. The predicted octanol–water partition coefficient (Wildman–Crippen LogP) is 7.42. The zero-order valence-electron chi connectivity index (χ0n) is 17.5. The number of para-hydroxylation sites is 1. The minimum atomic E-state index is -0.795. The second-order valence-corrected chi connectivity index (χ2v) is 8.59. The Morgan fingerprint density at radius 3 is 2.22 bits per heavy atom. The Morgan fingerprint density at radius 2 is 1.44 bits per heavy atom. The van der Waals surface area contributed by atoms with Crippen molar-refractivity contribution in [2.75, 3.05) is 7.11 Å². The fourth-order valence-electron chi connectivity index (χ4n) is 4.89. The summed E-state index contributed by atoms with van der Waals surface area (Å²) in [5, 5.41) is 1.08. The molecular weight excluding hydrogens is 414 g/mol. The molecule has 1 aliphatic carbocycles. The molecular formula is C29H20ClNO. The second-order valence-electron chi connectivity index (χ2n) is 8.03. The van der Waals surface area contributed by atoms with Gasteiger partial charge in [0.05, 0.1) is 18.3 Å². The van der Waals surface area contributed by atoms with E-state index in [0.717, 1.165) is 55.7 Å². The summed E-state index contributed by atoms with van der Waals surface area (Å²) >= 11 is 7.70. The van der Waals surface area contributed by atoms with Crippen LogP contribution in [0.5, 0.6) is 5.75 Å². The van der Waals surface area contributed by atoms with Crippen molar-refractivity contribution in [1.82, 2.24) is 4.98 Å². The minimum Gasteiger partial charge on any atom is -0.497 e. The molecule has 0 fully saturated rings. The third kappa shape index (κ3) is 2.63. The van der Waals surface area contributed by atoms with E-state index >= 15 is 0 Å². The van der Waals surface area contributed by atoms with Gasteiger partial charge in [-0.2, -0.15) is 0 Å². The normalized spacial score (nSPS) is 16.6. The van der Waals surface area contributed by atoms with Crippen molar-refractivity contribution in [3.8, 4) is 28.1 Å². The first-order valence-corrected chi connectivity index (χ1v) is 11.0. The van der Waals surface area contributed by atoms with Gasteiger partial charge < -0.3 is 4.74 Å². The number of methoxy groups -OCH3 is 1. The lowest BCUT2D eigenvalue weighted by atomic mass is 9.86. The van der Waals surface area contributed by atoms with Gasteiger partial charge in [-0.3, -0.25) is 0 Å². The predicted molar refractivity (Wildman–Crippen MR) is 131 cm³/mol. The Hall–Kier alpha value is -3.62. The summed E-state index contributed by atoms with van der Waals surface area (Å²) in [5.74, 6) is 0.822. The Balaban J connectivity index is 1.77. The highest BCUT2D eigenvalue weighted by Crippen LogP contribution is 2.58. The molecule has 32 heavy (non-hydrogen) atoms. The number of hydrogen-bond donors (Lipinski definition) is 0. The smallest absolute Gasteiger partial charge is 0.121 e. The molecule has 4 aromatic carbocycles. The van der Waals surface area contributed by atoms with Crippen molar-refractivity contribution in [2.24, 2.45) is 0 Å². The Kier molecular flexibility index (Phi) is 4.31. The maximum absolute atomic E-state index is 7.70. The van der Waals surface area contributed by atoms with Gasteiger partial charge in [-0.05, 0) is 47.0 Å². The standard InChI is InChI=1S/C29H20ClNO/c1-32-21-17-15-19(16-18-21)28-26-22-11-5-7-13-24(22)29(30,20-9-3-2-4-10-20)27(26)23-12-6-8-14-25(23)31-28/h2-18H,1H3. The van der Waals surface area contributed by atoms with Gasteiger partial charge in [0.15, 0.2) is 0 Å². The third-order valence-corrected chi connectivity index (χ3v) is 6.95. The van der Waals surface area contributed by atoms with E-state index in [2.05, 4.69) is 66.7 Å². The van der Waals surface area contributed by atoms with Crippen LogP contribution in [0, 0.1) is 0 Å². The summed E-state index contributed by atoms with van der Waals surface area (Å²) in [5.41, 5.74) is 8.40. The van der Waals surface area contributed by atoms with Crippen molar-refractivity contribution in [2.45, 2.75) is 4.87 Å². The number of alkyl halides is 1. The van der Waals surface area contributed by atoms with Gasteiger partial charge in [-0.15, -0.1) is 11.6 Å². The number of fused-ring (bicyclic) bond motifs is 5. The van der Waals surface area contributed by atoms with E-state index in [1.807, 2.05) is 36.4 Å². The number of hydrogen-bond acceptors (Lipinski definition) is 2. The van der Waals surface area contributed by atoms with Crippen molar-refractivity contribution >= 4 is 22.5 Å². The molecule has 0 radical (unpaired) electrons. The molecule has 0 N–H and O–H groups in total. The monoisotopic (exact) mass is 433 g/mol. The Labute approximate surface area is 192 Å². The Morgan fingerprint density at radius 1 is 0.750 bits per heavy atom. The molecule has 3 heteroatoms. The fraction of sp³-hybridized carbons (Fsp3) is 0.0690. The molecule has 1 heterocycles. The lowest BCUT2D eigenvalue weighted by Gasteiger charge is -2.27. The lowest BCUT2D eigenvalue weighted by molar-refractivity contribution is 0.415.